The van der Waals surface area contributed by atoms with Crippen LogP contribution in [0.15, 0.2) is 36.4 Å². The molecule has 1 amide bonds. The fraction of sp³-hybridized carbons (Fsp3) is 0.188. The van der Waals surface area contributed by atoms with E-state index >= 15 is 0 Å². The summed E-state index contributed by atoms with van der Waals surface area (Å²) in [5.74, 6) is -1.78. The van der Waals surface area contributed by atoms with Gasteiger partial charge in [0.15, 0.2) is 0 Å². The second kappa shape index (κ2) is 5.91. The molecule has 2 aromatic carbocycles. The fourth-order valence-corrected chi connectivity index (χ4v) is 2.19. The molecule has 0 fully saturated rings. The molecule has 110 valence electrons. The van der Waals surface area contributed by atoms with E-state index in [1.165, 1.54) is 42.2 Å². The minimum absolute atomic E-state index is 0.115. The van der Waals surface area contributed by atoms with E-state index in [2.05, 4.69) is 0 Å². The highest BCUT2D eigenvalue weighted by Gasteiger charge is 2.23. The summed E-state index contributed by atoms with van der Waals surface area (Å²) in [6, 6.07) is 8.61. The highest BCUT2D eigenvalue weighted by atomic mass is 19.1. The van der Waals surface area contributed by atoms with Crippen molar-refractivity contribution in [1.29, 1.82) is 0 Å². The summed E-state index contributed by atoms with van der Waals surface area (Å²) in [5, 5.41) is 0. The van der Waals surface area contributed by atoms with Crippen LogP contribution in [-0.4, -0.2) is 12.5 Å². The lowest BCUT2D eigenvalue weighted by atomic mass is 10.1. The Bertz CT molecular complexity index is 686. The van der Waals surface area contributed by atoms with Crippen LogP contribution >= 0.6 is 0 Å². The van der Waals surface area contributed by atoms with Gasteiger partial charge < -0.3 is 10.6 Å². The van der Waals surface area contributed by atoms with E-state index in [4.69, 9.17) is 5.73 Å². The van der Waals surface area contributed by atoms with Crippen molar-refractivity contribution in [2.75, 3.05) is 17.2 Å². The lowest BCUT2D eigenvalue weighted by Crippen LogP contribution is -2.32. The number of rotatable bonds is 3. The molecule has 0 saturated heterocycles. The van der Waals surface area contributed by atoms with Crippen molar-refractivity contribution in [3.63, 3.8) is 0 Å². The number of anilines is 2. The molecule has 2 rings (SSSR count). The van der Waals surface area contributed by atoms with Gasteiger partial charge in [0.05, 0.1) is 11.3 Å². The summed E-state index contributed by atoms with van der Waals surface area (Å²) in [4.78, 5) is 13.7. The molecule has 0 heterocycles. The number of aryl methyl sites for hydroxylation is 1. The number of hydrogen-bond donors (Lipinski definition) is 1. The second-order valence-corrected chi connectivity index (χ2v) is 4.70. The van der Waals surface area contributed by atoms with Crippen molar-refractivity contribution in [3.8, 4) is 0 Å². The third-order valence-corrected chi connectivity index (χ3v) is 3.21. The van der Waals surface area contributed by atoms with Gasteiger partial charge in [0.1, 0.15) is 11.6 Å². The number of hydrogen-bond acceptors (Lipinski definition) is 2. The minimum Gasteiger partial charge on any atom is -0.399 e. The quantitative estimate of drug-likeness (QED) is 0.879. The Kier molecular flexibility index (Phi) is 4.21. The fourth-order valence-electron chi connectivity index (χ4n) is 2.19. The molecule has 2 N–H and O–H groups in total. The van der Waals surface area contributed by atoms with E-state index < -0.39 is 17.5 Å². The van der Waals surface area contributed by atoms with Crippen molar-refractivity contribution in [1.82, 2.24) is 0 Å². The van der Waals surface area contributed by atoms with Crippen LogP contribution in [0.3, 0.4) is 0 Å². The zero-order chi connectivity index (χ0) is 15.6. The van der Waals surface area contributed by atoms with E-state index in [-0.39, 0.29) is 23.4 Å². The van der Waals surface area contributed by atoms with Gasteiger partial charge in [-0.15, -0.1) is 0 Å². The number of halogens is 2. The van der Waals surface area contributed by atoms with E-state index in [1.54, 1.807) is 13.0 Å². The number of nitrogens with zero attached hydrogens (tertiary/aromatic N) is 1. The average Bonchev–Trinajstić information content (AvgIpc) is 2.45. The van der Waals surface area contributed by atoms with Crippen LogP contribution in [0.25, 0.3) is 0 Å². The normalized spacial score (nSPS) is 10.5. The predicted molar refractivity (Wildman–Crippen MR) is 79.3 cm³/mol. The van der Waals surface area contributed by atoms with Crippen molar-refractivity contribution in [3.05, 3.63) is 59.2 Å². The Morgan fingerprint density at radius 1 is 1.24 bits per heavy atom. The maximum Gasteiger partial charge on any atom is 0.261 e. The Hall–Kier alpha value is -2.43. The molecule has 21 heavy (non-hydrogen) atoms. The van der Waals surface area contributed by atoms with Crippen LogP contribution in [0.4, 0.5) is 20.2 Å². The summed E-state index contributed by atoms with van der Waals surface area (Å²) >= 11 is 0. The van der Waals surface area contributed by atoms with Crippen LogP contribution in [-0.2, 0) is 0 Å². The van der Waals surface area contributed by atoms with Gasteiger partial charge in [0, 0.05) is 12.2 Å². The molecule has 2 aromatic rings. The maximum atomic E-state index is 14.1. The monoisotopic (exact) mass is 290 g/mol. The lowest BCUT2D eigenvalue weighted by Gasteiger charge is -2.22. The first-order valence-electron chi connectivity index (χ1n) is 6.57. The first kappa shape index (κ1) is 15.0. The summed E-state index contributed by atoms with van der Waals surface area (Å²) in [5.41, 5.74) is 6.20. The molecule has 5 heteroatoms. The van der Waals surface area contributed by atoms with E-state index in [0.717, 1.165) is 0 Å². The number of nitrogen functional groups attached to an aromatic ring is 1. The van der Waals surface area contributed by atoms with Gasteiger partial charge in [0.25, 0.3) is 5.91 Å². The molecule has 0 bridgehead atoms. The first-order valence-corrected chi connectivity index (χ1v) is 6.57. The van der Waals surface area contributed by atoms with E-state index in [0.29, 0.717) is 5.69 Å². The van der Waals surface area contributed by atoms with Crippen LogP contribution in [0.1, 0.15) is 22.8 Å². The smallest absolute Gasteiger partial charge is 0.261 e. The van der Waals surface area contributed by atoms with Gasteiger partial charge in [-0.25, -0.2) is 8.78 Å². The number of benzene rings is 2. The van der Waals surface area contributed by atoms with Crippen LogP contribution in [0, 0.1) is 18.6 Å². The topological polar surface area (TPSA) is 46.3 Å². The largest absolute Gasteiger partial charge is 0.399 e. The molecule has 0 unspecified atom stereocenters. The molecule has 0 aliphatic carbocycles. The standard InChI is InChI=1S/C16H16F2N2O/c1-3-20(14-7-5-4-6-13(14)17)16(21)12-9-11(19)8-10(2)15(12)18/h4-9H,3,19H2,1-2H3. The Morgan fingerprint density at radius 2 is 1.90 bits per heavy atom. The van der Waals surface area contributed by atoms with E-state index in [9.17, 15) is 13.6 Å². The van der Waals surface area contributed by atoms with Gasteiger partial charge in [-0.1, -0.05) is 12.1 Å². The Labute approximate surface area is 122 Å². The van der Waals surface area contributed by atoms with E-state index in [1.807, 2.05) is 0 Å². The van der Waals surface area contributed by atoms with Crippen LogP contribution in [0.5, 0.6) is 0 Å². The van der Waals surface area contributed by atoms with Crippen molar-refractivity contribution in [2.24, 2.45) is 0 Å². The molecular formula is C16H16F2N2O. The number of carbonyl (C=O) groups is 1. The maximum absolute atomic E-state index is 14.1. The molecule has 0 radical (unpaired) electrons. The van der Waals surface area contributed by atoms with Crippen molar-refractivity contribution in [2.45, 2.75) is 13.8 Å². The highest BCUT2D eigenvalue weighted by Crippen LogP contribution is 2.24. The van der Waals surface area contributed by atoms with Crippen molar-refractivity contribution >= 4 is 17.3 Å². The molecule has 0 saturated carbocycles. The van der Waals surface area contributed by atoms with Crippen molar-refractivity contribution < 1.29 is 13.6 Å². The van der Waals surface area contributed by atoms with Crippen LogP contribution < -0.4 is 10.6 Å². The van der Waals surface area contributed by atoms with Gasteiger partial charge in [-0.3, -0.25) is 4.79 Å². The zero-order valence-electron chi connectivity index (χ0n) is 11.9. The number of amides is 1. The van der Waals surface area contributed by atoms with Gasteiger partial charge in [0.2, 0.25) is 0 Å². The summed E-state index contributed by atoms with van der Waals surface area (Å²) in [6.45, 7) is 3.44. The molecule has 0 atom stereocenters. The van der Waals surface area contributed by atoms with Gasteiger partial charge in [-0.05, 0) is 43.7 Å². The Morgan fingerprint density at radius 3 is 2.52 bits per heavy atom. The van der Waals surface area contributed by atoms with Gasteiger partial charge in [-0.2, -0.15) is 0 Å². The third kappa shape index (κ3) is 2.86. The average molecular weight is 290 g/mol. The molecule has 0 spiro atoms. The van der Waals surface area contributed by atoms with Crippen LogP contribution in [0.2, 0.25) is 0 Å². The Balaban J connectivity index is 2.49. The highest BCUT2D eigenvalue weighted by molar-refractivity contribution is 6.07. The number of para-hydroxylation sites is 1. The summed E-state index contributed by atoms with van der Waals surface area (Å²) in [6.07, 6.45) is 0. The lowest BCUT2D eigenvalue weighted by molar-refractivity contribution is 0.0983. The summed E-state index contributed by atoms with van der Waals surface area (Å²) in [7, 11) is 0. The predicted octanol–water partition coefficient (Wildman–Crippen LogP) is 3.52. The minimum atomic E-state index is -0.635. The number of nitrogens with two attached hydrogens (primary N) is 1. The third-order valence-electron chi connectivity index (χ3n) is 3.21. The number of carbonyl (C=O) groups excluding carboxylic acids is 1. The molecule has 3 nitrogen and oxygen atoms in total. The van der Waals surface area contributed by atoms with Gasteiger partial charge >= 0.3 is 0 Å². The molecule has 0 aromatic heterocycles. The summed E-state index contributed by atoms with van der Waals surface area (Å²) < 4.78 is 28.0. The zero-order valence-corrected chi connectivity index (χ0v) is 11.9. The molecular weight excluding hydrogens is 274 g/mol. The second-order valence-electron chi connectivity index (χ2n) is 4.70. The first-order chi connectivity index (χ1) is 9.95. The SMILES string of the molecule is CCN(C(=O)c1cc(N)cc(C)c1F)c1ccccc1F. The molecule has 0 aliphatic heterocycles. The molecule has 0 aliphatic rings.